The van der Waals surface area contributed by atoms with E-state index in [1.54, 1.807) is 19.0 Å². The first-order valence-electron chi connectivity index (χ1n) is 10.4. The summed E-state index contributed by atoms with van der Waals surface area (Å²) in [6.07, 6.45) is 24.1. The van der Waals surface area contributed by atoms with E-state index < -0.39 is 5.72 Å². The van der Waals surface area contributed by atoms with E-state index >= 15 is 0 Å². The van der Waals surface area contributed by atoms with E-state index in [0.29, 0.717) is 12.8 Å². The molecule has 26 heavy (non-hydrogen) atoms. The van der Waals surface area contributed by atoms with Gasteiger partial charge >= 0.3 is 0 Å². The average Bonchev–Trinajstić information content (AvgIpc) is 2.63. The number of allylic oxidation sites excluding steroid dienone is 6. The van der Waals surface area contributed by atoms with Crippen molar-refractivity contribution < 1.29 is 9.90 Å². The standard InChI is InChI=1S/C23H41NO2/c1-5-7-8-9-10-11-12-13-14-15-16-17-18-19-20-21-22(25)23(26,6-2)24(3)4/h7-8,10-11,13-14,26H,5-6,9,12,15-21H2,1-4H3/b8-7-,11-10-,14-13-. The van der Waals surface area contributed by atoms with Gasteiger partial charge in [-0.15, -0.1) is 0 Å². The molecule has 0 amide bonds. The minimum Gasteiger partial charge on any atom is -0.369 e. The number of Topliss-reactive ketones (excluding diaryl/α,β-unsaturated/α-hetero) is 1. The van der Waals surface area contributed by atoms with Crippen molar-refractivity contribution in [1.82, 2.24) is 4.90 Å². The molecule has 0 aliphatic rings. The van der Waals surface area contributed by atoms with Gasteiger partial charge in [-0.2, -0.15) is 0 Å². The molecule has 1 unspecified atom stereocenters. The second-order valence-electron chi connectivity index (χ2n) is 7.09. The fraction of sp³-hybridized carbons (Fsp3) is 0.696. The molecule has 0 spiro atoms. The molecule has 0 aliphatic carbocycles. The van der Waals surface area contributed by atoms with E-state index in [9.17, 15) is 9.90 Å². The quantitative estimate of drug-likeness (QED) is 0.214. The number of hydrogen-bond donors (Lipinski definition) is 1. The molecule has 0 aliphatic heterocycles. The van der Waals surface area contributed by atoms with Crippen molar-refractivity contribution in [3.8, 4) is 0 Å². The van der Waals surface area contributed by atoms with E-state index in [0.717, 1.165) is 44.9 Å². The lowest BCUT2D eigenvalue weighted by atomic mass is 9.98. The lowest BCUT2D eigenvalue weighted by Gasteiger charge is -2.32. The highest BCUT2D eigenvalue weighted by Gasteiger charge is 2.35. The van der Waals surface area contributed by atoms with Crippen LogP contribution >= 0.6 is 0 Å². The lowest BCUT2D eigenvalue weighted by molar-refractivity contribution is -0.156. The predicted molar refractivity (Wildman–Crippen MR) is 113 cm³/mol. The Bertz CT molecular complexity index is 437. The summed E-state index contributed by atoms with van der Waals surface area (Å²) in [6.45, 7) is 4.00. The van der Waals surface area contributed by atoms with Crippen molar-refractivity contribution in [3.05, 3.63) is 36.5 Å². The van der Waals surface area contributed by atoms with E-state index in [-0.39, 0.29) is 5.78 Å². The van der Waals surface area contributed by atoms with Crippen molar-refractivity contribution in [1.29, 1.82) is 0 Å². The molecule has 0 radical (unpaired) electrons. The third kappa shape index (κ3) is 11.4. The minimum atomic E-state index is -1.29. The number of aliphatic hydroxyl groups is 1. The second kappa shape index (κ2) is 16.0. The molecule has 0 bridgehead atoms. The summed E-state index contributed by atoms with van der Waals surface area (Å²) in [6, 6.07) is 0. The molecule has 0 heterocycles. The van der Waals surface area contributed by atoms with Gasteiger partial charge in [0.2, 0.25) is 0 Å². The van der Waals surface area contributed by atoms with E-state index in [1.807, 2.05) is 6.92 Å². The highest BCUT2D eigenvalue weighted by atomic mass is 16.3. The molecular weight excluding hydrogens is 322 g/mol. The number of carbonyl (C=O) groups is 1. The molecule has 3 heteroatoms. The Morgan fingerprint density at radius 3 is 1.96 bits per heavy atom. The van der Waals surface area contributed by atoms with E-state index in [4.69, 9.17) is 0 Å². The van der Waals surface area contributed by atoms with Crippen LogP contribution in [0.3, 0.4) is 0 Å². The Hall–Kier alpha value is -1.19. The first-order chi connectivity index (χ1) is 12.5. The lowest BCUT2D eigenvalue weighted by Crippen LogP contribution is -2.50. The van der Waals surface area contributed by atoms with Crippen molar-refractivity contribution in [3.63, 3.8) is 0 Å². The van der Waals surface area contributed by atoms with Gasteiger partial charge in [0.05, 0.1) is 0 Å². The molecule has 0 aromatic carbocycles. The number of carbonyl (C=O) groups excluding carboxylic acids is 1. The van der Waals surface area contributed by atoms with Crippen molar-refractivity contribution >= 4 is 5.78 Å². The molecule has 1 atom stereocenters. The number of likely N-dealkylation sites (N-methyl/N-ethyl adjacent to an activating group) is 1. The van der Waals surface area contributed by atoms with Crippen LogP contribution in [0.4, 0.5) is 0 Å². The van der Waals surface area contributed by atoms with Gasteiger partial charge in [-0.25, -0.2) is 0 Å². The molecule has 3 nitrogen and oxygen atoms in total. The number of unbranched alkanes of at least 4 members (excludes halogenated alkanes) is 5. The SMILES string of the molecule is CC/C=C\C/C=C\C/C=C\CCCCCCCC(=O)C(O)(CC)N(C)C. The van der Waals surface area contributed by atoms with Crippen LogP contribution in [0.2, 0.25) is 0 Å². The summed E-state index contributed by atoms with van der Waals surface area (Å²) in [5.41, 5.74) is -1.29. The monoisotopic (exact) mass is 363 g/mol. The zero-order valence-corrected chi connectivity index (χ0v) is 17.5. The molecule has 0 rings (SSSR count). The zero-order chi connectivity index (χ0) is 19.7. The number of hydrogen-bond acceptors (Lipinski definition) is 3. The third-order valence-electron chi connectivity index (χ3n) is 4.73. The fourth-order valence-corrected chi connectivity index (χ4v) is 2.87. The summed E-state index contributed by atoms with van der Waals surface area (Å²) in [7, 11) is 3.52. The first-order valence-corrected chi connectivity index (χ1v) is 10.4. The maximum absolute atomic E-state index is 12.2. The number of nitrogens with zero attached hydrogens (tertiary/aromatic N) is 1. The second-order valence-corrected chi connectivity index (χ2v) is 7.09. The van der Waals surface area contributed by atoms with Gasteiger partial charge in [0.15, 0.2) is 11.5 Å². The molecular formula is C23H41NO2. The maximum atomic E-state index is 12.2. The Labute approximate surface area is 161 Å². The van der Waals surface area contributed by atoms with Gasteiger partial charge in [0.25, 0.3) is 0 Å². The topological polar surface area (TPSA) is 40.5 Å². The Morgan fingerprint density at radius 2 is 1.38 bits per heavy atom. The zero-order valence-electron chi connectivity index (χ0n) is 17.5. The van der Waals surface area contributed by atoms with Gasteiger partial charge in [-0.05, 0) is 59.0 Å². The van der Waals surface area contributed by atoms with Crippen LogP contribution < -0.4 is 0 Å². The Morgan fingerprint density at radius 1 is 0.846 bits per heavy atom. The number of rotatable bonds is 16. The van der Waals surface area contributed by atoms with Gasteiger partial charge in [0.1, 0.15) is 0 Å². The Balaban J connectivity index is 3.61. The first kappa shape index (κ1) is 24.8. The van der Waals surface area contributed by atoms with Crippen LogP contribution in [0, 0.1) is 0 Å². The number of ketones is 1. The predicted octanol–water partition coefficient (Wildman–Crippen LogP) is 5.81. The van der Waals surface area contributed by atoms with Gasteiger partial charge < -0.3 is 5.11 Å². The molecule has 0 fully saturated rings. The molecule has 0 saturated carbocycles. The summed E-state index contributed by atoms with van der Waals surface area (Å²) in [4.78, 5) is 13.8. The van der Waals surface area contributed by atoms with Crippen LogP contribution in [0.5, 0.6) is 0 Å². The van der Waals surface area contributed by atoms with Gasteiger partial charge in [-0.3, -0.25) is 9.69 Å². The highest BCUT2D eigenvalue weighted by molar-refractivity contribution is 5.86. The minimum absolute atomic E-state index is 0.0498. The van der Waals surface area contributed by atoms with E-state index in [1.165, 1.54) is 12.8 Å². The largest absolute Gasteiger partial charge is 0.369 e. The summed E-state index contributed by atoms with van der Waals surface area (Å²) in [5.74, 6) is -0.0498. The van der Waals surface area contributed by atoms with Crippen LogP contribution in [-0.4, -0.2) is 35.6 Å². The van der Waals surface area contributed by atoms with Crippen LogP contribution in [-0.2, 0) is 4.79 Å². The normalized spacial score (nSPS) is 14.8. The average molecular weight is 364 g/mol. The van der Waals surface area contributed by atoms with Gasteiger partial charge in [0, 0.05) is 6.42 Å². The molecule has 0 aromatic heterocycles. The van der Waals surface area contributed by atoms with Gasteiger partial charge in [-0.1, -0.05) is 69.6 Å². The highest BCUT2D eigenvalue weighted by Crippen LogP contribution is 2.18. The maximum Gasteiger partial charge on any atom is 0.179 e. The molecule has 0 saturated heterocycles. The third-order valence-corrected chi connectivity index (χ3v) is 4.73. The summed E-state index contributed by atoms with van der Waals surface area (Å²) < 4.78 is 0. The van der Waals surface area contributed by atoms with Crippen molar-refractivity contribution in [2.75, 3.05) is 14.1 Å². The smallest absolute Gasteiger partial charge is 0.179 e. The van der Waals surface area contributed by atoms with Crippen LogP contribution in [0.1, 0.15) is 84.5 Å². The summed E-state index contributed by atoms with van der Waals surface area (Å²) in [5, 5.41) is 10.3. The van der Waals surface area contributed by atoms with Crippen LogP contribution in [0.25, 0.3) is 0 Å². The molecule has 1 N–H and O–H groups in total. The summed E-state index contributed by atoms with van der Waals surface area (Å²) >= 11 is 0. The Kier molecular flexibility index (Phi) is 15.3. The van der Waals surface area contributed by atoms with Crippen molar-refractivity contribution in [2.24, 2.45) is 0 Å². The molecule has 150 valence electrons. The van der Waals surface area contributed by atoms with Crippen molar-refractivity contribution in [2.45, 2.75) is 90.2 Å². The van der Waals surface area contributed by atoms with Crippen LogP contribution in [0.15, 0.2) is 36.5 Å². The fourth-order valence-electron chi connectivity index (χ4n) is 2.87. The van der Waals surface area contributed by atoms with E-state index in [2.05, 4.69) is 43.4 Å². The molecule has 0 aromatic rings.